The summed E-state index contributed by atoms with van der Waals surface area (Å²) >= 11 is 0. The third-order valence-corrected chi connectivity index (χ3v) is 2.95. The van der Waals surface area contributed by atoms with Crippen molar-refractivity contribution >= 4 is 5.82 Å². The molecule has 0 atom stereocenters. The molecule has 1 aromatic heterocycles. The van der Waals surface area contributed by atoms with Crippen LogP contribution in [0.5, 0.6) is 0 Å². The highest BCUT2D eigenvalue weighted by Crippen LogP contribution is 2.18. The van der Waals surface area contributed by atoms with E-state index in [4.69, 9.17) is 0 Å². The molecule has 0 bridgehead atoms. The van der Waals surface area contributed by atoms with Crippen LogP contribution in [0.1, 0.15) is 37.4 Å². The zero-order valence-electron chi connectivity index (χ0n) is 9.92. The van der Waals surface area contributed by atoms with Crippen LogP contribution in [0.4, 0.5) is 5.82 Å². The van der Waals surface area contributed by atoms with Crippen LogP contribution in [0.15, 0.2) is 6.33 Å². The summed E-state index contributed by atoms with van der Waals surface area (Å²) in [7, 11) is 0. The van der Waals surface area contributed by atoms with E-state index in [1.165, 1.54) is 30.5 Å². The molecule has 0 amide bonds. The zero-order valence-corrected chi connectivity index (χ0v) is 9.92. The standard InChI is InChI=1S/C12H20N4/c1-2-3-4-6-14-12-10-8-13-7-5-11(10)15-9-16-12/h9,13H,2-8H2,1H3,(H,14,15,16). The maximum Gasteiger partial charge on any atom is 0.134 e. The number of rotatable bonds is 5. The Hall–Kier alpha value is -1.16. The number of nitrogens with one attached hydrogen (secondary N) is 2. The third kappa shape index (κ3) is 2.70. The normalized spacial score (nSPS) is 14.6. The van der Waals surface area contributed by atoms with Gasteiger partial charge in [-0.05, 0) is 6.42 Å². The second kappa shape index (κ2) is 5.80. The molecule has 2 rings (SSSR count). The average molecular weight is 220 g/mol. The molecule has 0 saturated heterocycles. The van der Waals surface area contributed by atoms with Crippen LogP contribution in [-0.4, -0.2) is 23.1 Å². The second-order valence-electron chi connectivity index (χ2n) is 4.21. The van der Waals surface area contributed by atoms with Crippen molar-refractivity contribution in [1.82, 2.24) is 15.3 Å². The summed E-state index contributed by atoms with van der Waals surface area (Å²) < 4.78 is 0. The lowest BCUT2D eigenvalue weighted by Crippen LogP contribution is -2.26. The SMILES string of the molecule is CCCCCNc1ncnc2c1CNCC2. The van der Waals surface area contributed by atoms with Gasteiger partial charge in [0.25, 0.3) is 0 Å². The Morgan fingerprint density at radius 3 is 3.19 bits per heavy atom. The van der Waals surface area contributed by atoms with Crippen molar-refractivity contribution in [3.8, 4) is 0 Å². The summed E-state index contributed by atoms with van der Waals surface area (Å²) in [5.41, 5.74) is 2.46. The van der Waals surface area contributed by atoms with Crippen molar-refractivity contribution in [2.45, 2.75) is 39.2 Å². The minimum atomic E-state index is 0.895. The highest BCUT2D eigenvalue weighted by atomic mass is 15.0. The van der Waals surface area contributed by atoms with Crippen LogP contribution < -0.4 is 10.6 Å². The van der Waals surface area contributed by atoms with Crippen LogP contribution >= 0.6 is 0 Å². The summed E-state index contributed by atoms with van der Waals surface area (Å²) in [6.07, 6.45) is 6.43. The average Bonchev–Trinajstić information content (AvgIpc) is 2.35. The van der Waals surface area contributed by atoms with Gasteiger partial charge in [-0.1, -0.05) is 19.8 Å². The second-order valence-corrected chi connectivity index (χ2v) is 4.21. The Morgan fingerprint density at radius 1 is 1.38 bits per heavy atom. The monoisotopic (exact) mass is 220 g/mol. The number of hydrogen-bond donors (Lipinski definition) is 2. The van der Waals surface area contributed by atoms with E-state index < -0.39 is 0 Å². The van der Waals surface area contributed by atoms with Gasteiger partial charge in [0.2, 0.25) is 0 Å². The molecule has 0 fully saturated rings. The lowest BCUT2D eigenvalue weighted by Gasteiger charge is -2.18. The largest absolute Gasteiger partial charge is 0.370 e. The van der Waals surface area contributed by atoms with Gasteiger partial charge in [-0.3, -0.25) is 0 Å². The molecule has 1 aliphatic heterocycles. The molecule has 88 valence electrons. The van der Waals surface area contributed by atoms with E-state index in [2.05, 4.69) is 27.5 Å². The van der Waals surface area contributed by atoms with Gasteiger partial charge in [0.05, 0.1) is 5.69 Å². The van der Waals surface area contributed by atoms with E-state index in [0.717, 1.165) is 31.9 Å². The molecule has 2 N–H and O–H groups in total. The number of fused-ring (bicyclic) bond motifs is 1. The Balaban J connectivity index is 1.97. The topological polar surface area (TPSA) is 49.8 Å². The predicted molar refractivity (Wildman–Crippen MR) is 65.5 cm³/mol. The molecule has 1 aliphatic rings. The predicted octanol–water partition coefficient (Wildman–Crippen LogP) is 1.72. The Bertz CT molecular complexity index is 338. The van der Waals surface area contributed by atoms with E-state index in [1.54, 1.807) is 6.33 Å². The van der Waals surface area contributed by atoms with Crippen LogP contribution in [0, 0.1) is 0 Å². The van der Waals surface area contributed by atoms with Gasteiger partial charge in [0.15, 0.2) is 0 Å². The molecule has 16 heavy (non-hydrogen) atoms. The summed E-state index contributed by atoms with van der Waals surface area (Å²) in [6.45, 7) is 5.15. The van der Waals surface area contributed by atoms with Crippen molar-refractivity contribution in [2.75, 3.05) is 18.4 Å². The Morgan fingerprint density at radius 2 is 2.31 bits per heavy atom. The fourth-order valence-electron chi connectivity index (χ4n) is 2.00. The molecule has 0 saturated carbocycles. The first kappa shape index (κ1) is 11.3. The first-order valence-corrected chi connectivity index (χ1v) is 6.19. The Kier molecular flexibility index (Phi) is 4.10. The van der Waals surface area contributed by atoms with Gasteiger partial charge in [-0.25, -0.2) is 9.97 Å². The van der Waals surface area contributed by atoms with E-state index in [9.17, 15) is 0 Å². The highest BCUT2D eigenvalue weighted by Gasteiger charge is 2.14. The van der Waals surface area contributed by atoms with Crippen molar-refractivity contribution in [2.24, 2.45) is 0 Å². The molecule has 0 aromatic carbocycles. The molecule has 0 aliphatic carbocycles. The minimum Gasteiger partial charge on any atom is -0.370 e. The van der Waals surface area contributed by atoms with Crippen LogP contribution in [-0.2, 0) is 13.0 Å². The van der Waals surface area contributed by atoms with Crippen LogP contribution in [0.25, 0.3) is 0 Å². The summed E-state index contributed by atoms with van der Waals surface area (Å²) in [5, 5.41) is 6.78. The van der Waals surface area contributed by atoms with E-state index in [0.29, 0.717) is 0 Å². The minimum absolute atomic E-state index is 0.895. The molecule has 4 heteroatoms. The first-order valence-electron chi connectivity index (χ1n) is 6.19. The van der Waals surface area contributed by atoms with Crippen molar-refractivity contribution < 1.29 is 0 Å². The third-order valence-electron chi connectivity index (χ3n) is 2.95. The molecule has 0 spiro atoms. The lowest BCUT2D eigenvalue weighted by molar-refractivity contribution is 0.626. The molecule has 0 unspecified atom stereocenters. The van der Waals surface area contributed by atoms with Crippen molar-refractivity contribution in [3.63, 3.8) is 0 Å². The van der Waals surface area contributed by atoms with E-state index in [1.807, 2.05) is 0 Å². The Labute approximate surface area is 96.9 Å². The van der Waals surface area contributed by atoms with Gasteiger partial charge in [-0.2, -0.15) is 0 Å². The molecule has 1 aromatic rings. The van der Waals surface area contributed by atoms with E-state index in [-0.39, 0.29) is 0 Å². The smallest absolute Gasteiger partial charge is 0.134 e. The van der Waals surface area contributed by atoms with Crippen molar-refractivity contribution in [1.29, 1.82) is 0 Å². The maximum absolute atomic E-state index is 4.33. The summed E-state index contributed by atoms with van der Waals surface area (Å²) in [5.74, 6) is 1.02. The summed E-state index contributed by atoms with van der Waals surface area (Å²) in [4.78, 5) is 8.66. The van der Waals surface area contributed by atoms with Gasteiger partial charge in [0, 0.05) is 31.6 Å². The quantitative estimate of drug-likeness (QED) is 0.742. The zero-order chi connectivity index (χ0) is 11.2. The fourth-order valence-corrected chi connectivity index (χ4v) is 2.00. The molecule has 0 radical (unpaired) electrons. The van der Waals surface area contributed by atoms with Gasteiger partial charge >= 0.3 is 0 Å². The number of unbranched alkanes of at least 4 members (excludes halogenated alkanes) is 2. The first-order chi connectivity index (χ1) is 7.92. The maximum atomic E-state index is 4.33. The van der Waals surface area contributed by atoms with Gasteiger partial charge in [-0.15, -0.1) is 0 Å². The number of hydrogen-bond acceptors (Lipinski definition) is 4. The highest BCUT2D eigenvalue weighted by molar-refractivity contribution is 5.46. The van der Waals surface area contributed by atoms with E-state index >= 15 is 0 Å². The van der Waals surface area contributed by atoms with Gasteiger partial charge < -0.3 is 10.6 Å². The molecule has 2 heterocycles. The molecular formula is C12H20N4. The number of anilines is 1. The summed E-state index contributed by atoms with van der Waals surface area (Å²) in [6, 6.07) is 0. The van der Waals surface area contributed by atoms with Gasteiger partial charge in [0.1, 0.15) is 12.1 Å². The van der Waals surface area contributed by atoms with Crippen LogP contribution in [0.2, 0.25) is 0 Å². The number of aromatic nitrogens is 2. The molecular weight excluding hydrogens is 200 g/mol. The lowest BCUT2D eigenvalue weighted by atomic mass is 10.1. The fraction of sp³-hybridized carbons (Fsp3) is 0.667. The van der Waals surface area contributed by atoms with Crippen molar-refractivity contribution in [3.05, 3.63) is 17.6 Å². The number of nitrogens with zero attached hydrogens (tertiary/aromatic N) is 2. The molecule has 4 nitrogen and oxygen atoms in total. The van der Waals surface area contributed by atoms with Crippen LogP contribution in [0.3, 0.4) is 0 Å².